The molecule has 21 heavy (non-hydrogen) atoms. The Bertz CT molecular complexity index is 532. The fourth-order valence-corrected chi connectivity index (χ4v) is 2.44. The molecule has 0 aromatic heterocycles. The van der Waals surface area contributed by atoms with Gasteiger partial charge in [-0.15, -0.1) is 0 Å². The van der Waals surface area contributed by atoms with Crippen LogP contribution in [0.3, 0.4) is 0 Å². The van der Waals surface area contributed by atoms with E-state index in [1.807, 2.05) is 0 Å². The van der Waals surface area contributed by atoms with E-state index in [2.05, 4.69) is 50.0 Å². The highest BCUT2D eigenvalue weighted by Crippen LogP contribution is 2.20. The lowest BCUT2D eigenvalue weighted by atomic mass is 10.00. The lowest BCUT2D eigenvalue weighted by Gasteiger charge is -2.27. The molecule has 0 bridgehead atoms. The first kappa shape index (κ1) is 15.5. The van der Waals surface area contributed by atoms with Gasteiger partial charge < -0.3 is 9.47 Å². The minimum Gasteiger partial charge on any atom is -0.483 e. The molecule has 4 heteroatoms. The highest BCUT2D eigenvalue weighted by molar-refractivity contribution is 5.94. The summed E-state index contributed by atoms with van der Waals surface area (Å²) in [6.45, 7) is 6.30. The Balaban J connectivity index is 2.23. The molecule has 0 fully saturated rings. The second-order valence-corrected chi connectivity index (χ2v) is 5.74. The van der Waals surface area contributed by atoms with E-state index in [1.165, 1.54) is 11.1 Å². The number of aryl methyl sites for hydroxylation is 1. The van der Waals surface area contributed by atoms with Crippen LogP contribution >= 0.6 is 0 Å². The molecule has 1 heterocycles. The van der Waals surface area contributed by atoms with E-state index in [-0.39, 0.29) is 12.1 Å². The summed E-state index contributed by atoms with van der Waals surface area (Å²) < 4.78 is 10.9. The quantitative estimate of drug-likeness (QED) is 0.858. The SMILES string of the molecule is COC1=N[C@H](C(C)C)C(OC)=N[C@H]1Cc1ccc(C)cc1. The zero-order valence-corrected chi connectivity index (χ0v) is 13.5. The van der Waals surface area contributed by atoms with Gasteiger partial charge in [0.05, 0.1) is 14.2 Å². The molecule has 114 valence electrons. The first-order chi connectivity index (χ1) is 10.0. The Labute approximate surface area is 126 Å². The second-order valence-electron chi connectivity index (χ2n) is 5.74. The minimum atomic E-state index is -0.109. The van der Waals surface area contributed by atoms with Crippen LogP contribution in [-0.2, 0) is 15.9 Å². The van der Waals surface area contributed by atoms with Gasteiger partial charge in [0.15, 0.2) is 0 Å². The van der Waals surface area contributed by atoms with Gasteiger partial charge in [-0.3, -0.25) is 0 Å². The van der Waals surface area contributed by atoms with Crippen molar-refractivity contribution < 1.29 is 9.47 Å². The predicted molar refractivity (Wildman–Crippen MR) is 86.2 cm³/mol. The van der Waals surface area contributed by atoms with E-state index in [4.69, 9.17) is 14.5 Å². The Hall–Kier alpha value is -1.84. The van der Waals surface area contributed by atoms with Crippen molar-refractivity contribution in [3.63, 3.8) is 0 Å². The molecule has 1 aliphatic heterocycles. The Morgan fingerprint density at radius 2 is 1.62 bits per heavy atom. The molecular formula is C17H24N2O2. The number of ether oxygens (including phenoxy) is 2. The van der Waals surface area contributed by atoms with Crippen molar-refractivity contribution in [3.05, 3.63) is 35.4 Å². The molecule has 0 saturated carbocycles. The summed E-state index contributed by atoms with van der Waals surface area (Å²) in [5.41, 5.74) is 2.47. The van der Waals surface area contributed by atoms with Crippen molar-refractivity contribution in [2.75, 3.05) is 14.2 Å². The molecule has 0 unspecified atom stereocenters. The van der Waals surface area contributed by atoms with E-state index < -0.39 is 0 Å². The molecular weight excluding hydrogens is 264 g/mol. The number of nitrogens with zero attached hydrogens (tertiary/aromatic N) is 2. The monoisotopic (exact) mass is 288 g/mol. The zero-order valence-electron chi connectivity index (χ0n) is 13.5. The number of aliphatic imine (C=N–C) groups is 2. The summed E-state index contributed by atoms with van der Waals surface area (Å²) >= 11 is 0. The van der Waals surface area contributed by atoms with Crippen LogP contribution in [0.2, 0.25) is 0 Å². The standard InChI is InChI=1S/C17H24N2O2/c1-11(2)15-17(21-5)18-14(16(19-15)20-4)10-13-8-6-12(3)7-9-13/h6-9,11,14-15H,10H2,1-5H3/t14-,15+/m0/s1. The minimum absolute atomic E-state index is 0.0563. The molecule has 0 N–H and O–H groups in total. The van der Waals surface area contributed by atoms with Crippen LogP contribution in [0.15, 0.2) is 34.3 Å². The summed E-state index contributed by atoms with van der Waals surface area (Å²) in [6.07, 6.45) is 0.768. The lowest BCUT2D eigenvalue weighted by molar-refractivity contribution is 0.332. The number of benzene rings is 1. The van der Waals surface area contributed by atoms with Crippen molar-refractivity contribution in [1.29, 1.82) is 0 Å². The van der Waals surface area contributed by atoms with Crippen molar-refractivity contribution in [1.82, 2.24) is 0 Å². The molecule has 0 amide bonds. The smallest absolute Gasteiger partial charge is 0.209 e. The normalized spacial score (nSPS) is 21.8. The maximum Gasteiger partial charge on any atom is 0.209 e. The fourth-order valence-electron chi connectivity index (χ4n) is 2.44. The van der Waals surface area contributed by atoms with Gasteiger partial charge in [0.1, 0.15) is 12.1 Å². The van der Waals surface area contributed by atoms with Crippen LogP contribution in [-0.4, -0.2) is 38.1 Å². The number of rotatable bonds is 3. The fraction of sp³-hybridized carbons (Fsp3) is 0.529. The van der Waals surface area contributed by atoms with E-state index >= 15 is 0 Å². The van der Waals surface area contributed by atoms with Crippen molar-refractivity contribution in [3.8, 4) is 0 Å². The van der Waals surface area contributed by atoms with Crippen molar-refractivity contribution in [2.45, 2.75) is 39.3 Å². The van der Waals surface area contributed by atoms with Crippen LogP contribution in [0.1, 0.15) is 25.0 Å². The summed E-state index contributed by atoms with van der Waals surface area (Å²) in [5, 5.41) is 0. The maximum atomic E-state index is 5.46. The topological polar surface area (TPSA) is 43.2 Å². The molecule has 1 aliphatic rings. The van der Waals surface area contributed by atoms with Gasteiger partial charge in [-0.2, -0.15) is 0 Å². The predicted octanol–water partition coefficient (Wildman–Crippen LogP) is 3.03. The van der Waals surface area contributed by atoms with Gasteiger partial charge in [-0.1, -0.05) is 43.7 Å². The molecule has 2 atom stereocenters. The van der Waals surface area contributed by atoms with Gasteiger partial charge in [0, 0.05) is 6.42 Å². The van der Waals surface area contributed by atoms with E-state index in [1.54, 1.807) is 14.2 Å². The first-order valence-electron chi connectivity index (χ1n) is 7.34. The van der Waals surface area contributed by atoms with Gasteiger partial charge in [0.25, 0.3) is 0 Å². The van der Waals surface area contributed by atoms with Crippen LogP contribution in [0.25, 0.3) is 0 Å². The maximum absolute atomic E-state index is 5.46. The number of hydrogen-bond donors (Lipinski definition) is 0. The van der Waals surface area contributed by atoms with E-state index in [0.29, 0.717) is 17.7 Å². The van der Waals surface area contributed by atoms with Gasteiger partial charge in [-0.25, -0.2) is 9.98 Å². The summed E-state index contributed by atoms with van der Waals surface area (Å²) in [7, 11) is 3.32. The van der Waals surface area contributed by atoms with Gasteiger partial charge >= 0.3 is 0 Å². The molecule has 1 aromatic carbocycles. The van der Waals surface area contributed by atoms with Gasteiger partial charge in [0.2, 0.25) is 11.8 Å². The first-order valence-corrected chi connectivity index (χ1v) is 7.34. The van der Waals surface area contributed by atoms with Crippen LogP contribution < -0.4 is 0 Å². The van der Waals surface area contributed by atoms with Crippen molar-refractivity contribution >= 4 is 11.8 Å². The lowest BCUT2D eigenvalue weighted by Crippen LogP contribution is -2.38. The second kappa shape index (κ2) is 6.74. The van der Waals surface area contributed by atoms with Gasteiger partial charge in [-0.05, 0) is 18.4 Å². The average molecular weight is 288 g/mol. The number of methoxy groups -OCH3 is 2. The zero-order chi connectivity index (χ0) is 15.4. The Kier molecular flexibility index (Phi) is 4.99. The third-order valence-corrected chi connectivity index (χ3v) is 3.69. The van der Waals surface area contributed by atoms with Crippen LogP contribution in [0, 0.1) is 12.8 Å². The highest BCUT2D eigenvalue weighted by atomic mass is 16.5. The summed E-state index contributed by atoms with van der Waals surface area (Å²) in [4.78, 5) is 9.40. The highest BCUT2D eigenvalue weighted by Gasteiger charge is 2.30. The molecule has 0 radical (unpaired) electrons. The third-order valence-electron chi connectivity index (χ3n) is 3.69. The number of hydrogen-bond acceptors (Lipinski definition) is 4. The van der Waals surface area contributed by atoms with E-state index in [9.17, 15) is 0 Å². The van der Waals surface area contributed by atoms with E-state index in [0.717, 1.165) is 6.42 Å². The molecule has 0 saturated heterocycles. The third kappa shape index (κ3) is 3.63. The van der Waals surface area contributed by atoms with Crippen LogP contribution in [0.4, 0.5) is 0 Å². The summed E-state index contributed by atoms with van der Waals surface area (Å²) in [6, 6.07) is 8.30. The molecule has 0 aliphatic carbocycles. The van der Waals surface area contributed by atoms with Crippen molar-refractivity contribution in [2.24, 2.45) is 15.9 Å². The largest absolute Gasteiger partial charge is 0.483 e. The average Bonchev–Trinajstić information content (AvgIpc) is 2.48. The Morgan fingerprint density at radius 3 is 2.14 bits per heavy atom. The molecule has 2 rings (SSSR count). The molecule has 0 spiro atoms. The van der Waals surface area contributed by atoms with Crippen LogP contribution in [0.5, 0.6) is 0 Å². The Morgan fingerprint density at radius 1 is 1.00 bits per heavy atom. The molecule has 4 nitrogen and oxygen atoms in total. The molecule has 1 aromatic rings. The summed E-state index contributed by atoms with van der Waals surface area (Å²) in [5.74, 6) is 1.71.